The molecule has 1 N–H and O–H groups in total. The molecule has 0 unspecified atom stereocenters. The van der Waals surface area contributed by atoms with E-state index in [9.17, 15) is 13.2 Å². The molecule has 1 aromatic carbocycles. The van der Waals surface area contributed by atoms with Crippen LogP contribution in [0, 0.1) is 0 Å². The average Bonchev–Trinajstić information content (AvgIpc) is 2.40. The highest BCUT2D eigenvalue weighted by Gasteiger charge is 2.30. The second-order valence-electron chi connectivity index (χ2n) is 4.96. The fourth-order valence-corrected chi connectivity index (χ4v) is 3.20. The zero-order valence-corrected chi connectivity index (χ0v) is 12.2. The molecule has 1 heterocycles. The second kappa shape index (κ2) is 6.83. The summed E-state index contributed by atoms with van der Waals surface area (Å²) < 4.78 is 37.8. The van der Waals surface area contributed by atoms with Gasteiger partial charge in [-0.3, -0.25) is 4.90 Å². The molecule has 0 saturated carbocycles. The highest BCUT2D eigenvalue weighted by molar-refractivity contribution is 7.99. The van der Waals surface area contributed by atoms with Crippen molar-refractivity contribution in [2.24, 2.45) is 0 Å². The van der Waals surface area contributed by atoms with Crippen LogP contribution in [-0.4, -0.2) is 42.9 Å². The number of nitrogens with zero attached hydrogens (tertiary/aromatic N) is 1. The first kappa shape index (κ1) is 15.7. The van der Waals surface area contributed by atoms with Gasteiger partial charge < -0.3 is 5.32 Å². The average molecular weight is 304 g/mol. The van der Waals surface area contributed by atoms with Crippen molar-refractivity contribution < 1.29 is 13.2 Å². The maximum Gasteiger partial charge on any atom is 0.416 e. The zero-order chi connectivity index (χ0) is 14.6. The predicted octanol–water partition coefficient (Wildman–Crippen LogP) is 3.09. The van der Waals surface area contributed by atoms with Crippen molar-refractivity contribution in [1.82, 2.24) is 10.2 Å². The lowest BCUT2D eigenvalue weighted by Crippen LogP contribution is -2.50. The summed E-state index contributed by atoms with van der Waals surface area (Å²) in [6.07, 6.45) is -4.26. The summed E-state index contributed by atoms with van der Waals surface area (Å²) in [6, 6.07) is 6.04. The van der Waals surface area contributed by atoms with E-state index in [4.69, 9.17) is 0 Å². The van der Waals surface area contributed by atoms with Crippen molar-refractivity contribution in [3.63, 3.8) is 0 Å². The summed E-state index contributed by atoms with van der Waals surface area (Å²) >= 11 is 1.48. The number of hydrogen-bond acceptors (Lipinski definition) is 3. The van der Waals surface area contributed by atoms with Gasteiger partial charge in [-0.2, -0.15) is 13.2 Å². The molecule has 2 rings (SSSR count). The topological polar surface area (TPSA) is 15.3 Å². The minimum Gasteiger partial charge on any atom is -0.314 e. The molecule has 0 spiro atoms. The molecule has 0 amide bonds. The Hall–Kier alpha value is -0.720. The van der Waals surface area contributed by atoms with E-state index >= 15 is 0 Å². The van der Waals surface area contributed by atoms with Gasteiger partial charge in [-0.25, -0.2) is 0 Å². The molecule has 1 saturated heterocycles. The van der Waals surface area contributed by atoms with Gasteiger partial charge in [-0.1, -0.05) is 6.07 Å². The summed E-state index contributed by atoms with van der Waals surface area (Å²) in [5, 5.41) is 3.32. The largest absolute Gasteiger partial charge is 0.416 e. The number of rotatable bonds is 4. The zero-order valence-electron chi connectivity index (χ0n) is 11.4. The van der Waals surface area contributed by atoms with E-state index in [-0.39, 0.29) is 0 Å². The van der Waals surface area contributed by atoms with Crippen LogP contribution in [0.1, 0.15) is 12.5 Å². The Kier molecular flexibility index (Phi) is 5.35. The van der Waals surface area contributed by atoms with E-state index in [2.05, 4.69) is 17.1 Å². The van der Waals surface area contributed by atoms with Crippen molar-refractivity contribution in [2.45, 2.75) is 24.0 Å². The van der Waals surface area contributed by atoms with Crippen LogP contribution in [0.25, 0.3) is 0 Å². The fraction of sp³-hybridized carbons (Fsp3) is 0.571. The van der Waals surface area contributed by atoms with Crippen molar-refractivity contribution in [3.8, 4) is 0 Å². The van der Waals surface area contributed by atoms with Gasteiger partial charge in [0.1, 0.15) is 0 Å². The number of nitrogens with one attached hydrogen (secondary N) is 1. The van der Waals surface area contributed by atoms with Crippen LogP contribution in [0.5, 0.6) is 0 Å². The molecule has 112 valence electrons. The summed E-state index contributed by atoms with van der Waals surface area (Å²) in [4.78, 5) is 3.06. The Morgan fingerprint density at radius 1 is 1.40 bits per heavy atom. The Bertz CT molecular complexity index is 437. The number of piperazine rings is 1. The van der Waals surface area contributed by atoms with Crippen LogP contribution >= 0.6 is 11.8 Å². The van der Waals surface area contributed by atoms with Gasteiger partial charge in [-0.05, 0) is 25.1 Å². The van der Waals surface area contributed by atoms with Crippen LogP contribution in [0.15, 0.2) is 29.2 Å². The summed E-state index contributed by atoms with van der Waals surface area (Å²) in [6.45, 7) is 6.04. The number of hydrogen-bond donors (Lipinski definition) is 1. The van der Waals surface area contributed by atoms with E-state index < -0.39 is 11.7 Å². The van der Waals surface area contributed by atoms with Gasteiger partial charge in [0, 0.05) is 42.9 Å². The number of alkyl halides is 3. The lowest BCUT2D eigenvalue weighted by molar-refractivity contribution is -0.137. The lowest BCUT2D eigenvalue weighted by Gasteiger charge is -2.33. The third-order valence-corrected chi connectivity index (χ3v) is 4.42. The molecule has 1 atom stereocenters. The van der Waals surface area contributed by atoms with Crippen molar-refractivity contribution in [1.29, 1.82) is 0 Å². The quantitative estimate of drug-likeness (QED) is 0.861. The third kappa shape index (κ3) is 4.40. The molecule has 2 nitrogen and oxygen atoms in total. The van der Waals surface area contributed by atoms with E-state index in [0.29, 0.717) is 10.9 Å². The third-order valence-electron chi connectivity index (χ3n) is 3.45. The highest BCUT2D eigenvalue weighted by Crippen LogP contribution is 2.31. The van der Waals surface area contributed by atoms with Crippen molar-refractivity contribution in [3.05, 3.63) is 29.8 Å². The van der Waals surface area contributed by atoms with Crippen LogP contribution in [0.4, 0.5) is 13.2 Å². The standard InChI is InChI=1S/C14H19F3N2S/c1-11-10-18-5-6-19(11)7-8-20-13-4-2-3-12(9-13)14(15,16)17/h2-4,9,11,18H,5-8,10H2,1H3/t11-/m1/s1. The first-order chi connectivity index (χ1) is 9.47. The molecule has 1 fully saturated rings. The Morgan fingerprint density at radius 3 is 2.90 bits per heavy atom. The van der Waals surface area contributed by atoms with Gasteiger partial charge >= 0.3 is 6.18 Å². The lowest BCUT2D eigenvalue weighted by atomic mass is 10.2. The number of halogens is 3. The van der Waals surface area contributed by atoms with Gasteiger partial charge in [0.15, 0.2) is 0 Å². The van der Waals surface area contributed by atoms with Gasteiger partial charge in [0.05, 0.1) is 5.56 Å². The Labute approximate surface area is 121 Å². The summed E-state index contributed by atoms with van der Waals surface area (Å²) in [7, 11) is 0. The summed E-state index contributed by atoms with van der Waals surface area (Å²) in [5.74, 6) is 0.811. The first-order valence-electron chi connectivity index (χ1n) is 6.71. The van der Waals surface area contributed by atoms with Crippen LogP contribution in [0.2, 0.25) is 0 Å². The molecule has 0 aliphatic carbocycles. The molecule has 0 bridgehead atoms. The minimum atomic E-state index is -4.26. The van der Waals surface area contributed by atoms with E-state index in [1.807, 2.05) is 0 Å². The minimum absolute atomic E-state index is 0.492. The van der Waals surface area contributed by atoms with Gasteiger partial charge in [-0.15, -0.1) is 11.8 Å². The van der Waals surface area contributed by atoms with E-state index in [1.165, 1.54) is 23.9 Å². The molecule has 0 radical (unpaired) electrons. The molecule has 1 aliphatic heterocycles. The van der Waals surface area contributed by atoms with Crippen LogP contribution < -0.4 is 5.32 Å². The maximum atomic E-state index is 12.6. The molecular formula is C14H19F3N2S. The smallest absolute Gasteiger partial charge is 0.314 e. The fourth-order valence-electron chi connectivity index (χ4n) is 2.26. The number of thioether (sulfide) groups is 1. The van der Waals surface area contributed by atoms with Crippen molar-refractivity contribution >= 4 is 11.8 Å². The monoisotopic (exact) mass is 304 g/mol. The van der Waals surface area contributed by atoms with Crippen LogP contribution in [-0.2, 0) is 6.18 Å². The molecule has 0 aromatic heterocycles. The first-order valence-corrected chi connectivity index (χ1v) is 7.70. The molecular weight excluding hydrogens is 285 g/mol. The molecule has 20 heavy (non-hydrogen) atoms. The summed E-state index contributed by atoms with van der Waals surface area (Å²) in [5.41, 5.74) is -0.571. The van der Waals surface area contributed by atoms with Crippen LogP contribution in [0.3, 0.4) is 0 Å². The highest BCUT2D eigenvalue weighted by atomic mass is 32.2. The second-order valence-corrected chi connectivity index (χ2v) is 6.13. The van der Waals surface area contributed by atoms with Gasteiger partial charge in [0.25, 0.3) is 0 Å². The van der Waals surface area contributed by atoms with Gasteiger partial charge in [0.2, 0.25) is 0 Å². The SMILES string of the molecule is C[C@@H]1CNCCN1CCSc1cccc(C(F)(F)F)c1. The normalized spacial score (nSPS) is 21.1. The predicted molar refractivity (Wildman–Crippen MR) is 76.1 cm³/mol. The molecule has 1 aromatic rings. The van der Waals surface area contributed by atoms with E-state index in [1.54, 1.807) is 6.07 Å². The van der Waals surface area contributed by atoms with Crippen molar-refractivity contribution in [2.75, 3.05) is 31.9 Å². The number of benzene rings is 1. The maximum absolute atomic E-state index is 12.6. The Morgan fingerprint density at radius 2 is 2.20 bits per heavy atom. The van der Waals surface area contributed by atoms with E-state index in [0.717, 1.165) is 38.0 Å². The Balaban J connectivity index is 1.85. The molecule has 6 heteroatoms. The molecule has 1 aliphatic rings.